The normalized spacial score (nSPS) is 33.3. The Morgan fingerprint density at radius 2 is 2.20 bits per heavy atom. The molecule has 2 fully saturated rings. The van der Waals surface area contributed by atoms with Gasteiger partial charge in [0.1, 0.15) is 11.5 Å². The Balaban J connectivity index is 1.63. The number of rotatable bonds is 5. The van der Waals surface area contributed by atoms with Crippen molar-refractivity contribution in [2.75, 3.05) is 6.54 Å². The van der Waals surface area contributed by atoms with Crippen LogP contribution < -0.4 is 11.1 Å². The summed E-state index contributed by atoms with van der Waals surface area (Å²) in [5, 5.41) is 3.70. The van der Waals surface area contributed by atoms with Crippen molar-refractivity contribution in [3.63, 3.8) is 0 Å². The van der Waals surface area contributed by atoms with Crippen LogP contribution in [0.1, 0.15) is 69.9 Å². The van der Waals surface area contributed by atoms with Crippen molar-refractivity contribution in [3.8, 4) is 0 Å². The molecule has 0 aliphatic heterocycles. The molecule has 4 atom stereocenters. The molecule has 4 unspecified atom stereocenters. The van der Waals surface area contributed by atoms with Gasteiger partial charge in [-0.3, -0.25) is 0 Å². The Hall–Kier alpha value is -0.800. The molecule has 0 radical (unpaired) electrons. The summed E-state index contributed by atoms with van der Waals surface area (Å²) >= 11 is 0. The monoisotopic (exact) mass is 276 g/mol. The van der Waals surface area contributed by atoms with Crippen molar-refractivity contribution in [1.29, 1.82) is 0 Å². The third-order valence-electron chi connectivity index (χ3n) is 5.11. The summed E-state index contributed by atoms with van der Waals surface area (Å²) in [4.78, 5) is 0. The van der Waals surface area contributed by atoms with Gasteiger partial charge in [-0.15, -0.1) is 0 Å². The van der Waals surface area contributed by atoms with Gasteiger partial charge in [-0.25, -0.2) is 0 Å². The standard InChI is InChI=1S/C17H28N2O/c1-11-8-13(11)15-4-5-16(20-15)14(10-18)19-12-6-7-17(2,3)9-12/h4-5,11-14,19H,6-10,18H2,1-3H3. The molecule has 1 heterocycles. The van der Waals surface area contributed by atoms with Crippen molar-refractivity contribution >= 4 is 0 Å². The second-order valence-corrected chi connectivity index (χ2v) is 7.62. The molecule has 20 heavy (non-hydrogen) atoms. The van der Waals surface area contributed by atoms with E-state index in [9.17, 15) is 0 Å². The molecule has 1 aromatic heterocycles. The van der Waals surface area contributed by atoms with Crippen LogP contribution in [-0.2, 0) is 0 Å². The SMILES string of the molecule is CC1CC1c1ccc(C(CN)NC2CCC(C)(C)C2)o1. The minimum Gasteiger partial charge on any atom is -0.464 e. The molecule has 3 heteroatoms. The predicted molar refractivity (Wildman–Crippen MR) is 81.6 cm³/mol. The highest BCUT2D eigenvalue weighted by molar-refractivity contribution is 5.19. The Morgan fingerprint density at radius 1 is 1.45 bits per heavy atom. The maximum atomic E-state index is 6.05. The fourth-order valence-corrected chi connectivity index (χ4v) is 3.60. The molecule has 1 aromatic rings. The average molecular weight is 276 g/mol. The van der Waals surface area contributed by atoms with Crippen molar-refractivity contribution in [3.05, 3.63) is 23.7 Å². The van der Waals surface area contributed by atoms with E-state index >= 15 is 0 Å². The second kappa shape index (κ2) is 5.19. The lowest BCUT2D eigenvalue weighted by atomic mass is 9.92. The maximum absolute atomic E-state index is 6.05. The Morgan fingerprint density at radius 3 is 2.75 bits per heavy atom. The first-order chi connectivity index (χ1) is 9.48. The van der Waals surface area contributed by atoms with Crippen molar-refractivity contribution in [2.45, 2.75) is 64.5 Å². The third kappa shape index (κ3) is 2.94. The van der Waals surface area contributed by atoms with E-state index < -0.39 is 0 Å². The molecule has 3 nitrogen and oxygen atoms in total. The Labute approximate surface area is 122 Å². The zero-order chi connectivity index (χ0) is 14.3. The van der Waals surface area contributed by atoms with E-state index in [1.165, 1.54) is 25.7 Å². The summed E-state index contributed by atoms with van der Waals surface area (Å²) in [6, 6.07) is 5.00. The van der Waals surface area contributed by atoms with E-state index in [4.69, 9.17) is 10.2 Å². The molecule has 112 valence electrons. The summed E-state index contributed by atoms with van der Waals surface area (Å²) in [7, 11) is 0. The number of hydrogen-bond donors (Lipinski definition) is 2. The van der Waals surface area contributed by atoms with Crippen LogP contribution in [0.2, 0.25) is 0 Å². The van der Waals surface area contributed by atoms with E-state index in [2.05, 4.69) is 38.2 Å². The van der Waals surface area contributed by atoms with Crippen molar-refractivity contribution in [2.24, 2.45) is 17.1 Å². The highest BCUT2D eigenvalue weighted by Crippen LogP contribution is 2.47. The van der Waals surface area contributed by atoms with E-state index in [0.29, 0.717) is 23.9 Å². The van der Waals surface area contributed by atoms with Crippen LogP contribution in [0, 0.1) is 11.3 Å². The van der Waals surface area contributed by atoms with Gasteiger partial charge in [-0.2, -0.15) is 0 Å². The van der Waals surface area contributed by atoms with Gasteiger partial charge in [0.05, 0.1) is 6.04 Å². The first kappa shape index (κ1) is 14.2. The molecule has 0 spiro atoms. The molecule has 2 aliphatic rings. The highest BCUT2D eigenvalue weighted by Gasteiger charge is 2.37. The van der Waals surface area contributed by atoms with Crippen molar-refractivity contribution < 1.29 is 4.42 Å². The summed E-state index contributed by atoms with van der Waals surface area (Å²) in [5.41, 5.74) is 6.42. The number of nitrogens with two attached hydrogens (primary N) is 1. The summed E-state index contributed by atoms with van der Waals surface area (Å²) < 4.78 is 6.05. The first-order valence-corrected chi connectivity index (χ1v) is 8.04. The van der Waals surface area contributed by atoms with E-state index in [-0.39, 0.29) is 6.04 Å². The van der Waals surface area contributed by atoms with Gasteiger partial charge < -0.3 is 15.5 Å². The fourth-order valence-electron chi connectivity index (χ4n) is 3.60. The molecule has 0 aromatic carbocycles. The molecule has 3 rings (SSSR count). The molecule has 2 saturated carbocycles. The average Bonchev–Trinajstić information content (AvgIpc) is 2.82. The van der Waals surface area contributed by atoms with Gasteiger partial charge in [-0.05, 0) is 49.1 Å². The first-order valence-electron chi connectivity index (χ1n) is 8.04. The van der Waals surface area contributed by atoms with Crippen LogP contribution in [0.3, 0.4) is 0 Å². The molecular weight excluding hydrogens is 248 g/mol. The summed E-state index contributed by atoms with van der Waals surface area (Å²) in [6.07, 6.45) is 5.04. The summed E-state index contributed by atoms with van der Waals surface area (Å²) in [5.74, 6) is 3.60. The smallest absolute Gasteiger partial charge is 0.122 e. The fraction of sp³-hybridized carbons (Fsp3) is 0.765. The Bertz CT molecular complexity index is 465. The van der Waals surface area contributed by atoms with Crippen LogP contribution in [0.25, 0.3) is 0 Å². The molecule has 0 bridgehead atoms. The molecule has 0 amide bonds. The van der Waals surface area contributed by atoms with Gasteiger partial charge in [0.15, 0.2) is 0 Å². The van der Waals surface area contributed by atoms with Gasteiger partial charge in [0, 0.05) is 18.5 Å². The number of furan rings is 1. The predicted octanol–water partition coefficient (Wildman–Crippen LogP) is 3.57. The lowest BCUT2D eigenvalue weighted by Gasteiger charge is -2.22. The zero-order valence-corrected chi connectivity index (χ0v) is 13.0. The van der Waals surface area contributed by atoms with E-state index in [1.54, 1.807) is 0 Å². The van der Waals surface area contributed by atoms with Gasteiger partial charge in [0.25, 0.3) is 0 Å². The third-order valence-corrected chi connectivity index (χ3v) is 5.11. The largest absolute Gasteiger partial charge is 0.464 e. The quantitative estimate of drug-likeness (QED) is 0.864. The van der Waals surface area contributed by atoms with Crippen LogP contribution in [0.5, 0.6) is 0 Å². The summed E-state index contributed by atoms with van der Waals surface area (Å²) in [6.45, 7) is 7.59. The Kier molecular flexibility index (Phi) is 3.67. The van der Waals surface area contributed by atoms with Gasteiger partial charge in [-0.1, -0.05) is 20.8 Å². The van der Waals surface area contributed by atoms with Crippen LogP contribution >= 0.6 is 0 Å². The molecule has 3 N–H and O–H groups in total. The lowest BCUT2D eigenvalue weighted by molar-refractivity contribution is 0.332. The van der Waals surface area contributed by atoms with E-state index in [0.717, 1.165) is 17.4 Å². The minimum atomic E-state index is 0.164. The second-order valence-electron chi connectivity index (χ2n) is 7.62. The molecular formula is C17H28N2O. The van der Waals surface area contributed by atoms with Crippen LogP contribution in [0.4, 0.5) is 0 Å². The number of hydrogen-bond acceptors (Lipinski definition) is 3. The maximum Gasteiger partial charge on any atom is 0.122 e. The minimum absolute atomic E-state index is 0.164. The highest BCUT2D eigenvalue weighted by atomic mass is 16.3. The van der Waals surface area contributed by atoms with Crippen LogP contribution in [-0.4, -0.2) is 12.6 Å². The van der Waals surface area contributed by atoms with Crippen LogP contribution in [0.15, 0.2) is 16.5 Å². The van der Waals surface area contributed by atoms with Gasteiger partial charge in [0.2, 0.25) is 0 Å². The van der Waals surface area contributed by atoms with E-state index in [1.807, 2.05) is 0 Å². The van der Waals surface area contributed by atoms with Gasteiger partial charge >= 0.3 is 0 Å². The number of nitrogens with one attached hydrogen (secondary N) is 1. The lowest BCUT2D eigenvalue weighted by Crippen LogP contribution is -2.35. The molecule has 2 aliphatic carbocycles. The molecule has 0 saturated heterocycles. The zero-order valence-electron chi connectivity index (χ0n) is 13.0. The van der Waals surface area contributed by atoms with Crippen molar-refractivity contribution in [1.82, 2.24) is 5.32 Å². The topological polar surface area (TPSA) is 51.2 Å².